The van der Waals surface area contributed by atoms with Crippen LogP contribution < -0.4 is 5.32 Å². The van der Waals surface area contributed by atoms with Crippen molar-refractivity contribution >= 4 is 11.8 Å². The fourth-order valence-electron chi connectivity index (χ4n) is 1.89. The zero-order valence-corrected chi connectivity index (χ0v) is 11.9. The summed E-state index contributed by atoms with van der Waals surface area (Å²) in [5, 5.41) is 2.73. The van der Waals surface area contributed by atoms with Gasteiger partial charge in [0.1, 0.15) is 5.76 Å². The predicted octanol–water partition coefficient (Wildman–Crippen LogP) is 2.06. The summed E-state index contributed by atoms with van der Waals surface area (Å²) in [6.45, 7) is 0.744. The van der Waals surface area contributed by atoms with Gasteiger partial charge in [-0.15, -0.1) is 0 Å². The number of nitrogens with zero attached hydrogens (tertiary/aromatic N) is 1. The summed E-state index contributed by atoms with van der Waals surface area (Å²) < 4.78 is 5.19. The third kappa shape index (κ3) is 4.49. The molecule has 0 saturated heterocycles. The molecule has 0 saturated carbocycles. The summed E-state index contributed by atoms with van der Waals surface area (Å²) in [6.07, 6.45) is 1.84. The molecular weight excluding hydrogens is 268 g/mol. The van der Waals surface area contributed by atoms with Crippen LogP contribution in [-0.2, 0) is 11.3 Å². The molecule has 110 valence electrons. The van der Waals surface area contributed by atoms with Gasteiger partial charge in [-0.25, -0.2) is 0 Å². The van der Waals surface area contributed by atoms with E-state index in [-0.39, 0.29) is 18.2 Å². The van der Waals surface area contributed by atoms with Crippen molar-refractivity contribution in [3.8, 4) is 0 Å². The molecule has 2 amide bonds. The van der Waals surface area contributed by atoms with Gasteiger partial charge in [-0.1, -0.05) is 18.2 Å². The van der Waals surface area contributed by atoms with Gasteiger partial charge in [0.2, 0.25) is 5.91 Å². The smallest absolute Gasteiger partial charge is 0.251 e. The maximum Gasteiger partial charge on any atom is 0.251 e. The number of nitrogens with one attached hydrogen (secondary N) is 1. The van der Waals surface area contributed by atoms with E-state index in [1.807, 2.05) is 12.1 Å². The number of carbonyl (C=O) groups excluding carboxylic acids is 2. The molecule has 0 spiro atoms. The molecule has 0 radical (unpaired) electrons. The molecule has 0 bridgehead atoms. The normalized spacial score (nSPS) is 10.1. The van der Waals surface area contributed by atoms with Crippen LogP contribution in [0.1, 0.15) is 22.5 Å². The number of furan rings is 1. The number of rotatable bonds is 6. The molecule has 0 atom stereocenters. The van der Waals surface area contributed by atoms with Crippen molar-refractivity contribution in [3.05, 3.63) is 60.1 Å². The zero-order valence-electron chi connectivity index (χ0n) is 11.9. The number of hydrogen-bond acceptors (Lipinski definition) is 3. The first-order valence-corrected chi connectivity index (χ1v) is 6.76. The van der Waals surface area contributed by atoms with Gasteiger partial charge in [-0.05, 0) is 24.3 Å². The van der Waals surface area contributed by atoms with Crippen molar-refractivity contribution in [1.29, 1.82) is 0 Å². The fraction of sp³-hybridized carbons (Fsp3) is 0.250. The van der Waals surface area contributed by atoms with E-state index < -0.39 is 0 Å². The molecule has 0 aliphatic heterocycles. The molecule has 0 aliphatic carbocycles. The van der Waals surface area contributed by atoms with Crippen molar-refractivity contribution in [2.24, 2.45) is 0 Å². The molecule has 5 nitrogen and oxygen atoms in total. The van der Waals surface area contributed by atoms with E-state index in [0.29, 0.717) is 18.7 Å². The Bertz CT molecular complexity index is 579. The van der Waals surface area contributed by atoms with Crippen LogP contribution in [0.25, 0.3) is 0 Å². The standard InChI is InChI=1S/C16H18N2O3/c1-18(12-14-8-5-11-21-14)15(19)9-10-17-16(20)13-6-3-2-4-7-13/h2-8,11H,9-10,12H2,1H3,(H,17,20). The van der Waals surface area contributed by atoms with E-state index in [2.05, 4.69) is 5.32 Å². The third-order valence-electron chi connectivity index (χ3n) is 3.06. The Kier molecular flexibility index (Phi) is 5.15. The quantitative estimate of drug-likeness (QED) is 0.884. The van der Waals surface area contributed by atoms with Crippen molar-refractivity contribution in [1.82, 2.24) is 10.2 Å². The molecule has 21 heavy (non-hydrogen) atoms. The number of benzene rings is 1. The second kappa shape index (κ2) is 7.28. The highest BCUT2D eigenvalue weighted by molar-refractivity contribution is 5.94. The van der Waals surface area contributed by atoms with Crippen LogP contribution in [0.4, 0.5) is 0 Å². The summed E-state index contributed by atoms with van der Waals surface area (Å²) in [4.78, 5) is 25.3. The molecule has 1 N–H and O–H groups in total. The summed E-state index contributed by atoms with van der Waals surface area (Å²) in [7, 11) is 1.71. The van der Waals surface area contributed by atoms with Crippen LogP contribution in [0.3, 0.4) is 0 Å². The minimum atomic E-state index is -0.169. The molecule has 2 rings (SSSR count). The van der Waals surface area contributed by atoms with E-state index in [9.17, 15) is 9.59 Å². The Morgan fingerprint density at radius 2 is 1.90 bits per heavy atom. The lowest BCUT2D eigenvalue weighted by atomic mass is 10.2. The Morgan fingerprint density at radius 1 is 1.14 bits per heavy atom. The highest BCUT2D eigenvalue weighted by Crippen LogP contribution is 2.05. The number of hydrogen-bond donors (Lipinski definition) is 1. The predicted molar refractivity (Wildman–Crippen MR) is 78.6 cm³/mol. The number of carbonyl (C=O) groups is 2. The van der Waals surface area contributed by atoms with E-state index >= 15 is 0 Å². The van der Waals surface area contributed by atoms with E-state index in [1.165, 1.54) is 0 Å². The van der Waals surface area contributed by atoms with E-state index in [1.54, 1.807) is 48.5 Å². The highest BCUT2D eigenvalue weighted by atomic mass is 16.3. The van der Waals surface area contributed by atoms with Crippen LogP contribution >= 0.6 is 0 Å². The minimum absolute atomic E-state index is 0.0419. The first kappa shape index (κ1) is 14.8. The van der Waals surface area contributed by atoms with Crippen molar-refractivity contribution in [2.45, 2.75) is 13.0 Å². The average Bonchev–Trinajstić information content (AvgIpc) is 3.00. The molecular formula is C16H18N2O3. The maximum atomic E-state index is 11.9. The van der Waals surface area contributed by atoms with Gasteiger partial charge in [0.25, 0.3) is 5.91 Å². The van der Waals surface area contributed by atoms with Gasteiger partial charge in [0, 0.05) is 25.6 Å². The second-order valence-corrected chi connectivity index (χ2v) is 4.70. The number of amides is 2. The topological polar surface area (TPSA) is 62.6 Å². The van der Waals surface area contributed by atoms with Crippen LogP contribution in [0, 0.1) is 0 Å². The maximum absolute atomic E-state index is 11.9. The molecule has 1 aromatic carbocycles. The van der Waals surface area contributed by atoms with Crippen LogP contribution in [-0.4, -0.2) is 30.3 Å². The monoisotopic (exact) mass is 286 g/mol. The Morgan fingerprint density at radius 3 is 2.57 bits per heavy atom. The van der Waals surface area contributed by atoms with Gasteiger partial charge < -0.3 is 14.6 Å². The first-order chi connectivity index (χ1) is 10.2. The van der Waals surface area contributed by atoms with E-state index in [4.69, 9.17) is 4.42 Å². The SMILES string of the molecule is CN(Cc1ccco1)C(=O)CCNC(=O)c1ccccc1. The first-order valence-electron chi connectivity index (χ1n) is 6.76. The van der Waals surface area contributed by atoms with Crippen molar-refractivity contribution < 1.29 is 14.0 Å². The minimum Gasteiger partial charge on any atom is -0.467 e. The fourth-order valence-corrected chi connectivity index (χ4v) is 1.89. The Hall–Kier alpha value is -2.56. The summed E-state index contributed by atoms with van der Waals surface area (Å²) in [5.74, 6) is 0.524. The van der Waals surface area contributed by atoms with Crippen LogP contribution in [0.15, 0.2) is 53.1 Å². The summed E-state index contributed by atoms with van der Waals surface area (Å²) in [6, 6.07) is 12.5. The van der Waals surface area contributed by atoms with Gasteiger partial charge in [-0.2, -0.15) is 0 Å². The van der Waals surface area contributed by atoms with Crippen molar-refractivity contribution in [2.75, 3.05) is 13.6 Å². The summed E-state index contributed by atoms with van der Waals surface area (Å²) >= 11 is 0. The molecule has 0 aliphatic rings. The molecule has 0 unspecified atom stereocenters. The molecule has 5 heteroatoms. The van der Waals surface area contributed by atoms with Crippen LogP contribution in [0.2, 0.25) is 0 Å². The molecule has 2 aromatic rings. The second-order valence-electron chi connectivity index (χ2n) is 4.70. The lowest BCUT2D eigenvalue weighted by Gasteiger charge is -2.15. The molecule has 1 heterocycles. The van der Waals surface area contributed by atoms with Gasteiger partial charge >= 0.3 is 0 Å². The molecule has 0 fully saturated rings. The van der Waals surface area contributed by atoms with Crippen molar-refractivity contribution in [3.63, 3.8) is 0 Å². The van der Waals surface area contributed by atoms with Gasteiger partial charge in [0.15, 0.2) is 0 Å². The third-order valence-corrected chi connectivity index (χ3v) is 3.06. The van der Waals surface area contributed by atoms with Gasteiger partial charge in [-0.3, -0.25) is 9.59 Å². The Labute approximate surface area is 123 Å². The lowest BCUT2D eigenvalue weighted by Crippen LogP contribution is -2.31. The Balaban J connectivity index is 1.73. The van der Waals surface area contributed by atoms with Gasteiger partial charge in [0.05, 0.1) is 12.8 Å². The largest absolute Gasteiger partial charge is 0.467 e. The van der Waals surface area contributed by atoms with Crippen LogP contribution in [0.5, 0.6) is 0 Å². The van der Waals surface area contributed by atoms with E-state index in [0.717, 1.165) is 5.76 Å². The zero-order chi connectivity index (χ0) is 15.1. The summed E-state index contributed by atoms with van der Waals surface area (Å²) in [5.41, 5.74) is 0.592. The lowest BCUT2D eigenvalue weighted by molar-refractivity contribution is -0.130. The molecule has 1 aromatic heterocycles. The average molecular weight is 286 g/mol. The highest BCUT2D eigenvalue weighted by Gasteiger charge is 2.11.